The monoisotopic (exact) mass is 296 g/mol. The van der Waals surface area contributed by atoms with Crippen molar-refractivity contribution in [2.75, 3.05) is 17.2 Å². The van der Waals surface area contributed by atoms with Crippen LogP contribution in [-0.4, -0.2) is 16.5 Å². The molecule has 0 atom stereocenters. The largest absolute Gasteiger partial charge is 0.370 e. The van der Waals surface area contributed by atoms with Crippen molar-refractivity contribution < 1.29 is 13.2 Å². The summed E-state index contributed by atoms with van der Waals surface area (Å²) in [7, 11) is 0. The van der Waals surface area contributed by atoms with Gasteiger partial charge in [0.05, 0.1) is 5.69 Å². The fourth-order valence-corrected chi connectivity index (χ4v) is 1.73. The zero-order valence-electron chi connectivity index (χ0n) is 11.7. The molecule has 2 aromatic rings. The van der Waals surface area contributed by atoms with Crippen LogP contribution in [0, 0.1) is 24.4 Å². The Labute approximate surface area is 120 Å². The van der Waals surface area contributed by atoms with Gasteiger partial charge in [-0.3, -0.25) is 0 Å². The third-order valence-corrected chi connectivity index (χ3v) is 2.67. The Morgan fingerprint density at radius 2 is 1.62 bits per heavy atom. The molecule has 0 fully saturated rings. The SMILES string of the molecule is CCCNc1cc(Nc2cc(F)c(F)cc2F)nc(C)n1. The first-order valence-electron chi connectivity index (χ1n) is 6.50. The van der Waals surface area contributed by atoms with Crippen molar-refractivity contribution in [1.82, 2.24) is 9.97 Å². The Kier molecular flexibility index (Phi) is 4.62. The molecule has 0 saturated heterocycles. The van der Waals surface area contributed by atoms with E-state index in [0.29, 0.717) is 23.5 Å². The average Bonchev–Trinajstić information content (AvgIpc) is 2.42. The molecule has 0 radical (unpaired) electrons. The minimum absolute atomic E-state index is 0.187. The van der Waals surface area contributed by atoms with Crippen LogP contribution in [0.25, 0.3) is 0 Å². The number of benzene rings is 1. The fourth-order valence-electron chi connectivity index (χ4n) is 1.73. The van der Waals surface area contributed by atoms with Gasteiger partial charge in [0.25, 0.3) is 0 Å². The van der Waals surface area contributed by atoms with Crippen LogP contribution in [0.1, 0.15) is 19.2 Å². The fraction of sp³-hybridized carbons (Fsp3) is 0.286. The number of halogens is 3. The Balaban J connectivity index is 2.27. The van der Waals surface area contributed by atoms with Crippen molar-refractivity contribution in [3.05, 3.63) is 41.5 Å². The number of aromatic nitrogens is 2. The van der Waals surface area contributed by atoms with Crippen molar-refractivity contribution >= 4 is 17.3 Å². The van der Waals surface area contributed by atoms with Crippen LogP contribution >= 0.6 is 0 Å². The number of nitrogens with one attached hydrogen (secondary N) is 2. The summed E-state index contributed by atoms with van der Waals surface area (Å²) in [4.78, 5) is 8.26. The Bertz CT molecular complexity index is 646. The molecule has 0 aliphatic carbocycles. The quantitative estimate of drug-likeness (QED) is 0.825. The first-order valence-corrected chi connectivity index (χ1v) is 6.50. The van der Waals surface area contributed by atoms with Crippen LogP contribution in [0.15, 0.2) is 18.2 Å². The van der Waals surface area contributed by atoms with Crippen molar-refractivity contribution in [2.45, 2.75) is 20.3 Å². The molecule has 7 heteroatoms. The summed E-state index contributed by atoms with van der Waals surface area (Å²) in [5, 5.41) is 5.70. The Morgan fingerprint density at radius 1 is 0.952 bits per heavy atom. The van der Waals surface area contributed by atoms with Crippen molar-refractivity contribution in [2.24, 2.45) is 0 Å². The van der Waals surface area contributed by atoms with Gasteiger partial charge < -0.3 is 10.6 Å². The second kappa shape index (κ2) is 6.43. The Morgan fingerprint density at radius 3 is 2.33 bits per heavy atom. The number of hydrogen-bond acceptors (Lipinski definition) is 4. The van der Waals surface area contributed by atoms with Gasteiger partial charge >= 0.3 is 0 Å². The molecule has 0 aliphatic rings. The van der Waals surface area contributed by atoms with Crippen molar-refractivity contribution in [1.29, 1.82) is 0 Å². The maximum absolute atomic E-state index is 13.6. The first kappa shape index (κ1) is 15.1. The van der Waals surface area contributed by atoms with E-state index in [1.54, 1.807) is 13.0 Å². The summed E-state index contributed by atoms with van der Waals surface area (Å²) in [6, 6.07) is 2.81. The van der Waals surface area contributed by atoms with E-state index >= 15 is 0 Å². The minimum Gasteiger partial charge on any atom is -0.370 e. The highest BCUT2D eigenvalue weighted by Gasteiger charge is 2.11. The lowest BCUT2D eigenvalue weighted by atomic mass is 10.3. The molecule has 0 saturated carbocycles. The van der Waals surface area contributed by atoms with E-state index in [4.69, 9.17) is 0 Å². The van der Waals surface area contributed by atoms with Gasteiger partial charge in [-0.05, 0) is 13.3 Å². The number of nitrogens with zero attached hydrogens (tertiary/aromatic N) is 2. The molecule has 0 spiro atoms. The van der Waals surface area contributed by atoms with Gasteiger partial charge in [0.2, 0.25) is 0 Å². The molecule has 0 unspecified atom stereocenters. The van der Waals surface area contributed by atoms with E-state index in [9.17, 15) is 13.2 Å². The summed E-state index contributed by atoms with van der Waals surface area (Å²) < 4.78 is 39.6. The van der Waals surface area contributed by atoms with Gasteiger partial charge in [0, 0.05) is 24.7 Å². The topological polar surface area (TPSA) is 49.8 Å². The zero-order valence-corrected chi connectivity index (χ0v) is 11.7. The highest BCUT2D eigenvalue weighted by atomic mass is 19.2. The lowest BCUT2D eigenvalue weighted by molar-refractivity contribution is 0.496. The lowest BCUT2D eigenvalue weighted by Gasteiger charge is -2.10. The molecule has 1 aromatic carbocycles. The molecule has 2 rings (SSSR count). The molecule has 0 aliphatic heterocycles. The van der Waals surface area contributed by atoms with Gasteiger partial charge in [-0.1, -0.05) is 6.92 Å². The summed E-state index contributed by atoms with van der Waals surface area (Å²) >= 11 is 0. The molecule has 112 valence electrons. The summed E-state index contributed by atoms with van der Waals surface area (Å²) in [5.41, 5.74) is -0.187. The normalized spacial score (nSPS) is 10.5. The van der Waals surface area contributed by atoms with Crippen molar-refractivity contribution in [3.63, 3.8) is 0 Å². The maximum atomic E-state index is 13.6. The standard InChI is InChI=1S/C14H15F3N4/c1-3-4-18-13-7-14(20-8(2)19-13)21-12-6-10(16)9(15)5-11(12)17/h5-7H,3-4H2,1-2H3,(H2,18,19,20,21). The lowest BCUT2D eigenvalue weighted by Crippen LogP contribution is -2.06. The van der Waals surface area contributed by atoms with E-state index in [0.717, 1.165) is 19.0 Å². The van der Waals surface area contributed by atoms with E-state index in [1.807, 2.05) is 6.92 Å². The van der Waals surface area contributed by atoms with Crippen LogP contribution < -0.4 is 10.6 Å². The molecular formula is C14H15F3N4. The van der Waals surface area contributed by atoms with E-state index in [2.05, 4.69) is 20.6 Å². The third kappa shape index (κ3) is 3.84. The second-order valence-electron chi connectivity index (χ2n) is 4.48. The molecular weight excluding hydrogens is 281 g/mol. The highest BCUT2D eigenvalue weighted by molar-refractivity contribution is 5.59. The molecule has 1 heterocycles. The summed E-state index contributed by atoms with van der Waals surface area (Å²) in [5.74, 6) is -1.91. The number of anilines is 3. The molecule has 2 N–H and O–H groups in total. The molecule has 1 aromatic heterocycles. The molecule has 21 heavy (non-hydrogen) atoms. The number of rotatable bonds is 5. The molecule has 0 bridgehead atoms. The molecule has 0 amide bonds. The number of hydrogen-bond donors (Lipinski definition) is 2. The second-order valence-corrected chi connectivity index (χ2v) is 4.48. The third-order valence-electron chi connectivity index (χ3n) is 2.67. The average molecular weight is 296 g/mol. The van der Waals surface area contributed by atoms with E-state index in [-0.39, 0.29) is 5.69 Å². The maximum Gasteiger partial charge on any atom is 0.161 e. The highest BCUT2D eigenvalue weighted by Crippen LogP contribution is 2.23. The molecule has 4 nitrogen and oxygen atoms in total. The van der Waals surface area contributed by atoms with Crippen LogP contribution in [0.4, 0.5) is 30.5 Å². The van der Waals surface area contributed by atoms with Gasteiger partial charge in [-0.2, -0.15) is 0 Å². The van der Waals surface area contributed by atoms with Gasteiger partial charge in [0.15, 0.2) is 11.6 Å². The van der Waals surface area contributed by atoms with Crippen molar-refractivity contribution in [3.8, 4) is 0 Å². The van der Waals surface area contributed by atoms with Crippen LogP contribution in [0.2, 0.25) is 0 Å². The van der Waals surface area contributed by atoms with E-state index < -0.39 is 17.5 Å². The van der Waals surface area contributed by atoms with Gasteiger partial charge in [-0.25, -0.2) is 23.1 Å². The Hall–Kier alpha value is -2.31. The zero-order chi connectivity index (χ0) is 15.4. The minimum atomic E-state index is -1.23. The summed E-state index contributed by atoms with van der Waals surface area (Å²) in [6.45, 7) is 4.43. The summed E-state index contributed by atoms with van der Waals surface area (Å²) in [6.07, 6.45) is 0.920. The van der Waals surface area contributed by atoms with Gasteiger partial charge in [-0.15, -0.1) is 0 Å². The first-order chi connectivity index (χ1) is 9.99. The van der Waals surface area contributed by atoms with E-state index in [1.165, 1.54) is 0 Å². The predicted octanol–water partition coefficient (Wildman–Crippen LogP) is 3.77. The number of aryl methyl sites for hydroxylation is 1. The van der Waals surface area contributed by atoms with Crippen LogP contribution in [0.5, 0.6) is 0 Å². The smallest absolute Gasteiger partial charge is 0.161 e. The van der Waals surface area contributed by atoms with Crippen LogP contribution in [0.3, 0.4) is 0 Å². The van der Waals surface area contributed by atoms with Gasteiger partial charge in [0.1, 0.15) is 23.3 Å². The predicted molar refractivity (Wildman–Crippen MR) is 75.1 cm³/mol. The van der Waals surface area contributed by atoms with Crippen LogP contribution in [-0.2, 0) is 0 Å².